The van der Waals surface area contributed by atoms with E-state index in [1.165, 1.54) is 22.5 Å². The van der Waals surface area contributed by atoms with Crippen LogP contribution in [0.15, 0.2) is 60.0 Å². The molecule has 2 heterocycles. The number of ether oxygens (including phenoxy) is 1. The molecule has 0 spiro atoms. The van der Waals surface area contributed by atoms with Gasteiger partial charge >= 0.3 is 5.97 Å². The van der Waals surface area contributed by atoms with Crippen molar-refractivity contribution in [2.45, 2.75) is 19.3 Å². The van der Waals surface area contributed by atoms with Crippen LogP contribution < -0.4 is 0 Å². The number of fused-ring (bicyclic) bond motifs is 3. The lowest BCUT2D eigenvalue weighted by atomic mass is 9.97. The summed E-state index contributed by atoms with van der Waals surface area (Å²) in [5.74, 6) is -0.814. The number of esters is 1. The minimum atomic E-state index is -0.354. The van der Waals surface area contributed by atoms with E-state index in [1.807, 2.05) is 47.8 Å². The van der Waals surface area contributed by atoms with Crippen molar-refractivity contribution >= 4 is 29.0 Å². The number of hydrogen-bond acceptors (Lipinski definition) is 5. The Morgan fingerprint density at radius 1 is 0.938 bits per heavy atom. The van der Waals surface area contributed by atoms with Gasteiger partial charge in [-0.3, -0.25) is 14.4 Å². The molecule has 1 aliphatic heterocycles. The first-order valence-electron chi connectivity index (χ1n) is 10.8. The normalized spacial score (nSPS) is 15.2. The second-order valence-electron chi connectivity index (χ2n) is 8.28. The Kier molecular flexibility index (Phi) is 5.62. The van der Waals surface area contributed by atoms with Crippen molar-refractivity contribution in [2.24, 2.45) is 5.92 Å². The summed E-state index contributed by atoms with van der Waals surface area (Å²) in [6, 6.07) is 17.6. The van der Waals surface area contributed by atoms with Crippen molar-refractivity contribution in [2.75, 3.05) is 19.7 Å². The number of likely N-dealkylation sites (tertiary alicyclic amines) is 1. The van der Waals surface area contributed by atoms with Crippen LogP contribution in [0, 0.1) is 5.92 Å². The highest BCUT2D eigenvalue weighted by atomic mass is 32.1. The van der Waals surface area contributed by atoms with Gasteiger partial charge in [-0.25, -0.2) is 0 Å². The first-order valence-corrected chi connectivity index (χ1v) is 11.7. The van der Waals surface area contributed by atoms with Gasteiger partial charge < -0.3 is 9.64 Å². The van der Waals surface area contributed by atoms with Crippen LogP contribution in [0.25, 0.3) is 11.1 Å². The van der Waals surface area contributed by atoms with Crippen LogP contribution in [-0.2, 0) is 16.0 Å². The van der Waals surface area contributed by atoms with Crippen LogP contribution in [0.5, 0.6) is 0 Å². The van der Waals surface area contributed by atoms with Gasteiger partial charge in [-0.15, -0.1) is 11.3 Å². The Balaban J connectivity index is 1.15. The number of rotatable bonds is 5. The third-order valence-corrected chi connectivity index (χ3v) is 7.17. The van der Waals surface area contributed by atoms with E-state index in [9.17, 15) is 14.4 Å². The molecule has 1 aliphatic carbocycles. The molecule has 5 nitrogen and oxygen atoms in total. The van der Waals surface area contributed by atoms with E-state index in [0.717, 1.165) is 17.5 Å². The molecule has 2 aliphatic rings. The number of piperidine rings is 1. The van der Waals surface area contributed by atoms with Gasteiger partial charge in [-0.2, -0.15) is 0 Å². The van der Waals surface area contributed by atoms with Crippen LogP contribution in [0.2, 0.25) is 0 Å². The number of nitrogens with zero attached hydrogens (tertiary/aromatic N) is 1. The summed E-state index contributed by atoms with van der Waals surface area (Å²) in [5.41, 5.74) is 5.29. The van der Waals surface area contributed by atoms with Crippen molar-refractivity contribution in [3.63, 3.8) is 0 Å². The number of carbonyl (C=O) groups is 3. The second kappa shape index (κ2) is 8.71. The topological polar surface area (TPSA) is 63.7 Å². The Morgan fingerprint density at radius 3 is 2.50 bits per heavy atom. The van der Waals surface area contributed by atoms with Gasteiger partial charge in [0.15, 0.2) is 12.4 Å². The minimum absolute atomic E-state index is 0.0141. The lowest BCUT2D eigenvalue weighted by Crippen LogP contribution is -2.40. The number of Topliss-reactive ketones (excluding diaryl/α,β-unsaturated/α-hetero) is 1. The predicted molar refractivity (Wildman–Crippen MR) is 123 cm³/mol. The van der Waals surface area contributed by atoms with Crippen LogP contribution in [0.3, 0.4) is 0 Å². The average molecular weight is 446 g/mol. The molecule has 1 aromatic heterocycles. The third-order valence-electron chi connectivity index (χ3n) is 6.31. The van der Waals surface area contributed by atoms with Crippen molar-refractivity contribution in [3.8, 4) is 11.1 Å². The van der Waals surface area contributed by atoms with E-state index in [-0.39, 0.29) is 30.2 Å². The molecule has 0 N–H and O–H groups in total. The van der Waals surface area contributed by atoms with E-state index in [2.05, 4.69) is 12.1 Å². The van der Waals surface area contributed by atoms with Crippen LogP contribution in [-0.4, -0.2) is 42.3 Å². The van der Waals surface area contributed by atoms with Crippen molar-refractivity contribution in [3.05, 3.63) is 81.5 Å². The van der Waals surface area contributed by atoms with E-state index < -0.39 is 0 Å². The summed E-state index contributed by atoms with van der Waals surface area (Å²) in [7, 11) is 0. The zero-order valence-electron chi connectivity index (χ0n) is 17.6. The molecule has 6 heteroatoms. The molecule has 0 atom stereocenters. The molecule has 0 saturated carbocycles. The summed E-state index contributed by atoms with van der Waals surface area (Å²) < 4.78 is 5.36. The molecular weight excluding hydrogens is 422 g/mol. The maximum absolute atomic E-state index is 12.7. The molecule has 2 aromatic carbocycles. The molecule has 1 amide bonds. The number of thiophene rings is 1. The van der Waals surface area contributed by atoms with Gasteiger partial charge in [0.2, 0.25) is 0 Å². The largest absolute Gasteiger partial charge is 0.457 e. The Morgan fingerprint density at radius 2 is 1.72 bits per heavy atom. The van der Waals surface area contributed by atoms with Crippen molar-refractivity contribution in [1.82, 2.24) is 4.90 Å². The maximum Gasteiger partial charge on any atom is 0.309 e. The molecule has 0 radical (unpaired) electrons. The van der Waals surface area contributed by atoms with Crippen molar-refractivity contribution < 1.29 is 19.1 Å². The maximum atomic E-state index is 12.7. The Bertz CT molecular complexity index is 1180. The smallest absolute Gasteiger partial charge is 0.309 e. The quantitative estimate of drug-likeness (QED) is 0.333. The molecule has 3 aromatic rings. The van der Waals surface area contributed by atoms with Gasteiger partial charge in [0.25, 0.3) is 5.91 Å². The molecule has 1 fully saturated rings. The van der Waals surface area contributed by atoms with E-state index >= 15 is 0 Å². The number of amides is 1. The highest BCUT2D eigenvalue weighted by Gasteiger charge is 2.29. The lowest BCUT2D eigenvalue weighted by molar-refractivity contribution is -0.148. The zero-order chi connectivity index (χ0) is 22.1. The summed E-state index contributed by atoms with van der Waals surface area (Å²) >= 11 is 1.42. The SMILES string of the molecule is O=C(COC(=O)C1CCN(C(=O)c2cccs2)CC1)c1ccc2c(c1)-c1ccccc1C2. The predicted octanol–water partition coefficient (Wildman–Crippen LogP) is 4.60. The van der Waals surface area contributed by atoms with Gasteiger partial charge in [0.1, 0.15) is 0 Å². The molecule has 32 heavy (non-hydrogen) atoms. The third kappa shape index (κ3) is 3.98. The van der Waals surface area contributed by atoms with E-state index in [1.54, 1.807) is 4.90 Å². The lowest BCUT2D eigenvalue weighted by Gasteiger charge is -2.30. The molecule has 0 unspecified atom stereocenters. The van der Waals surface area contributed by atoms with Gasteiger partial charge in [-0.1, -0.05) is 42.5 Å². The monoisotopic (exact) mass is 445 g/mol. The highest BCUT2D eigenvalue weighted by Crippen LogP contribution is 2.36. The fraction of sp³-hybridized carbons (Fsp3) is 0.269. The van der Waals surface area contributed by atoms with Crippen LogP contribution in [0.1, 0.15) is 44.0 Å². The van der Waals surface area contributed by atoms with E-state index in [0.29, 0.717) is 36.4 Å². The zero-order valence-corrected chi connectivity index (χ0v) is 18.4. The van der Waals surface area contributed by atoms with Gasteiger partial charge in [0.05, 0.1) is 10.8 Å². The van der Waals surface area contributed by atoms with Crippen LogP contribution >= 0.6 is 11.3 Å². The summed E-state index contributed by atoms with van der Waals surface area (Å²) in [6.07, 6.45) is 1.99. The molecule has 5 rings (SSSR count). The minimum Gasteiger partial charge on any atom is -0.457 e. The molecule has 0 bridgehead atoms. The first-order chi connectivity index (χ1) is 15.6. The number of hydrogen-bond donors (Lipinski definition) is 0. The summed E-state index contributed by atoms with van der Waals surface area (Å²) in [5, 5.41) is 1.88. The average Bonchev–Trinajstić information content (AvgIpc) is 3.50. The summed E-state index contributed by atoms with van der Waals surface area (Å²) in [4.78, 5) is 40.1. The first kappa shape index (κ1) is 20.6. The molecular formula is C26H23NO4S. The number of ketones is 1. The summed E-state index contributed by atoms with van der Waals surface area (Å²) in [6.45, 7) is 0.789. The second-order valence-corrected chi connectivity index (χ2v) is 9.23. The standard InChI is InChI=1S/C26H23NO4S/c28-23(20-8-7-19-14-18-4-1-2-5-21(18)22(19)15-20)16-31-26(30)17-9-11-27(12-10-17)25(29)24-6-3-13-32-24/h1-8,13,15,17H,9-12,14,16H2. The van der Waals surface area contributed by atoms with Gasteiger partial charge in [0, 0.05) is 18.7 Å². The Hall–Kier alpha value is -3.25. The Labute approximate surface area is 190 Å². The number of carbonyl (C=O) groups excluding carboxylic acids is 3. The number of benzene rings is 2. The van der Waals surface area contributed by atoms with Gasteiger partial charge in [-0.05, 0) is 59.0 Å². The fourth-order valence-corrected chi connectivity index (χ4v) is 5.20. The fourth-order valence-electron chi connectivity index (χ4n) is 4.51. The van der Waals surface area contributed by atoms with Crippen molar-refractivity contribution in [1.29, 1.82) is 0 Å². The van der Waals surface area contributed by atoms with Crippen LogP contribution in [0.4, 0.5) is 0 Å². The molecule has 162 valence electrons. The van der Waals surface area contributed by atoms with E-state index in [4.69, 9.17) is 4.74 Å². The molecule has 1 saturated heterocycles. The highest BCUT2D eigenvalue weighted by molar-refractivity contribution is 7.12.